The van der Waals surface area contributed by atoms with Crippen molar-refractivity contribution >= 4 is 5.70 Å². The molecule has 1 unspecified atom stereocenters. The number of aryl methyl sites for hydroxylation is 1. The lowest BCUT2D eigenvalue weighted by atomic mass is 9.84. The minimum Gasteiger partial charge on any atom is -0.496 e. The summed E-state index contributed by atoms with van der Waals surface area (Å²) in [6.07, 6.45) is 13.8. The largest absolute Gasteiger partial charge is 0.496 e. The number of hydrogen-bond donors (Lipinski definition) is 1. The Labute approximate surface area is 194 Å². The van der Waals surface area contributed by atoms with Gasteiger partial charge in [-0.25, -0.2) is 0 Å². The van der Waals surface area contributed by atoms with Crippen molar-refractivity contribution in [2.75, 3.05) is 13.7 Å². The summed E-state index contributed by atoms with van der Waals surface area (Å²) in [5, 5.41) is 8.07. The molecule has 0 bridgehead atoms. The van der Waals surface area contributed by atoms with Crippen LogP contribution in [0.25, 0.3) is 5.70 Å². The molecule has 0 amide bonds. The molecule has 2 aliphatic heterocycles. The molecular weight excluding hydrogens is 394 g/mol. The predicted octanol–water partition coefficient (Wildman–Crippen LogP) is 6.90. The molecule has 1 aromatic rings. The normalized spacial score (nSPS) is 17.7. The first-order valence-corrected chi connectivity index (χ1v) is 11.4. The van der Waals surface area contributed by atoms with Gasteiger partial charge in [-0.1, -0.05) is 56.4 Å². The van der Waals surface area contributed by atoms with Crippen molar-refractivity contribution in [3.63, 3.8) is 0 Å². The molecule has 0 saturated heterocycles. The first-order chi connectivity index (χ1) is 15.3. The van der Waals surface area contributed by atoms with E-state index in [2.05, 4.69) is 81.5 Å². The van der Waals surface area contributed by atoms with Gasteiger partial charge in [-0.15, -0.1) is 0 Å². The van der Waals surface area contributed by atoms with Crippen LogP contribution in [0.15, 0.2) is 78.1 Å². The van der Waals surface area contributed by atoms with Gasteiger partial charge in [0.1, 0.15) is 5.75 Å². The van der Waals surface area contributed by atoms with Gasteiger partial charge in [-0.3, -0.25) is 0 Å². The second kappa shape index (κ2) is 11.7. The monoisotopic (exact) mass is 433 g/mol. The summed E-state index contributed by atoms with van der Waals surface area (Å²) < 4.78 is 5.59. The molecule has 2 aliphatic rings. The van der Waals surface area contributed by atoms with Crippen LogP contribution in [0.5, 0.6) is 5.75 Å². The van der Waals surface area contributed by atoms with Crippen molar-refractivity contribution < 1.29 is 9.84 Å². The topological polar surface area (TPSA) is 32.7 Å². The maximum absolute atomic E-state index is 8.07. The molecule has 1 aromatic carbocycles. The highest BCUT2D eigenvalue weighted by atomic mass is 16.5. The van der Waals surface area contributed by atoms with Gasteiger partial charge in [-0.2, -0.15) is 0 Å². The van der Waals surface area contributed by atoms with Gasteiger partial charge in [-0.05, 0) is 80.5 Å². The molecule has 0 aromatic heterocycles. The lowest BCUT2D eigenvalue weighted by Gasteiger charge is -2.42. The van der Waals surface area contributed by atoms with E-state index < -0.39 is 0 Å². The second-order valence-electron chi connectivity index (χ2n) is 8.50. The van der Waals surface area contributed by atoms with Crippen molar-refractivity contribution in [3.8, 4) is 5.75 Å². The quantitative estimate of drug-likeness (QED) is 0.495. The number of rotatable bonds is 6. The molecule has 0 fully saturated rings. The number of fused-ring (bicyclic) bond motifs is 3. The van der Waals surface area contributed by atoms with Crippen LogP contribution in [0.1, 0.15) is 57.2 Å². The summed E-state index contributed by atoms with van der Waals surface area (Å²) >= 11 is 0. The fraction of sp³-hybridized carbons (Fsp3) is 0.379. The number of aliphatic hydroxyl groups is 1. The van der Waals surface area contributed by atoms with Gasteiger partial charge in [0, 0.05) is 24.1 Å². The van der Waals surface area contributed by atoms with E-state index in [0.717, 1.165) is 41.7 Å². The number of unbranched alkanes of at least 4 members (excludes halogenated alkanes) is 1. The molecule has 172 valence electrons. The van der Waals surface area contributed by atoms with Crippen LogP contribution in [0.4, 0.5) is 0 Å². The molecule has 3 rings (SSSR count). The smallest absolute Gasteiger partial charge is 0.122 e. The number of methoxy groups -OCH3 is 1. The molecule has 0 aliphatic carbocycles. The first-order valence-electron chi connectivity index (χ1n) is 11.4. The Hall–Kier alpha value is -2.78. The van der Waals surface area contributed by atoms with Crippen LogP contribution in [-0.2, 0) is 6.42 Å². The fourth-order valence-electron chi connectivity index (χ4n) is 4.05. The van der Waals surface area contributed by atoms with Crippen LogP contribution in [0, 0.1) is 6.92 Å². The van der Waals surface area contributed by atoms with Crippen molar-refractivity contribution in [1.82, 2.24) is 4.90 Å². The summed E-state index contributed by atoms with van der Waals surface area (Å²) in [5.41, 5.74) is 9.44. The summed E-state index contributed by atoms with van der Waals surface area (Å²) in [7, 11) is 1.73. The second-order valence-corrected chi connectivity index (χ2v) is 8.50. The van der Waals surface area contributed by atoms with Gasteiger partial charge in [0.05, 0.1) is 13.2 Å². The molecular formula is C29H39NO2. The molecule has 1 N–H and O–H groups in total. The molecule has 2 heterocycles. The Bertz CT molecular complexity index is 973. The number of aliphatic hydroxyl groups excluding tert-OH is 1. The summed E-state index contributed by atoms with van der Waals surface area (Å²) in [6, 6.07) is 4.70. The summed E-state index contributed by atoms with van der Waals surface area (Å²) in [4.78, 5) is 2.38. The van der Waals surface area contributed by atoms with Gasteiger partial charge in [0.15, 0.2) is 0 Å². The minimum atomic E-state index is 0.273. The third-order valence-corrected chi connectivity index (χ3v) is 5.90. The van der Waals surface area contributed by atoms with Gasteiger partial charge in [0.25, 0.3) is 0 Å². The Kier molecular flexibility index (Phi) is 9.34. The third-order valence-electron chi connectivity index (χ3n) is 5.90. The number of hydrogen-bond acceptors (Lipinski definition) is 3. The maximum Gasteiger partial charge on any atom is 0.122 e. The lowest BCUT2D eigenvalue weighted by Crippen LogP contribution is -2.38. The third kappa shape index (κ3) is 5.72. The number of benzene rings is 1. The average molecular weight is 434 g/mol. The van der Waals surface area contributed by atoms with Crippen molar-refractivity contribution in [3.05, 3.63) is 94.8 Å². The highest BCUT2D eigenvalue weighted by molar-refractivity contribution is 5.78. The van der Waals surface area contributed by atoms with Crippen LogP contribution in [0.3, 0.4) is 0 Å². The standard InChI is InChI=1S/C25H29NO.C4H10O/c1-8-9-10-17(4)23-13-20-11-19(6)25(27-7)14-21(20)24-12-18(5)22(16(2)3)15-26(23)24;1-2-3-4-5/h8-12,14-15,23H,2,5,13H2,1,3-4,6-7H3;5H,2-4H2,1H3/b9-8-,17-10+;. The molecule has 0 radical (unpaired) electrons. The van der Waals surface area contributed by atoms with Gasteiger partial charge >= 0.3 is 0 Å². The van der Waals surface area contributed by atoms with E-state index in [1.54, 1.807) is 7.11 Å². The highest BCUT2D eigenvalue weighted by Gasteiger charge is 2.32. The predicted molar refractivity (Wildman–Crippen MR) is 138 cm³/mol. The Balaban J connectivity index is 0.000000654. The average Bonchev–Trinajstić information content (AvgIpc) is 2.76. The van der Waals surface area contributed by atoms with Crippen LogP contribution < -0.4 is 4.74 Å². The Morgan fingerprint density at radius 3 is 2.56 bits per heavy atom. The van der Waals surface area contributed by atoms with E-state index >= 15 is 0 Å². The number of allylic oxidation sites excluding steroid dienone is 7. The maximum atomic E-state index is 8.07. The van der Waals surface area contributed by atoms with E-state index in [9.17, 15) is 0 Å². The van der Waals surface area contributed by atoms with Crippen LogP contribution in [0.2, 0.25) is 0 Å². The lowest BCUT2D eigenvalue weighted by molar-refractivity contribution is 0.287. The molecule has 1 atom stereocenters. The minimum absolute atomic E-state index is 0.273. The van der Waals surface area contributed by atoms with Crippen molar-refractivity contribution in [2.45, 2.75) is 59.9 Å². The van der Waals surface area contributed by atoms with E-state index in [0.29, 0.717) is 6.61 Å². The number of ether oxygens (including phenoxy) is 1. The van der Waals surface area contributed by atoms with E-state index in [-0.39, 0.29) is 6.04 Å². The van der Waals surface area contributed by atoms with Crippen molar-refractivity contribution in [2.24, 2.45) is 0 Å². The molecule has 0 spiro atoms. The van der Waals surface area contributed by atoms with Crippen molar-refractivity contribution in [1.29, 1.82) is 0 Å². The van der Waals surface area contributed by atoms with Crippen LogP contribution in [-0.4, -0.2) is 29.8 Å². The van der Waals surface area contributed by atoms with Crippen LogP contribution >= 0.6 is 0 Å². The first kappa shape index (κ1) is 25.5. The molecule has 3 nitrogen and oxygen atoms in total. The Morgan fingerprint density at radius 2 is 2.03 bits per heavy atom. The highest BCUT2D eigenvalue weighted by Crippen LogP contribution is 2.42. The van der Waals surface area contributed by atoms with Gasteiger partial charge in [0.2, 0.25) is 0 Å². The fourth-order valence-corrected chi connectivity index (χ4v) is 4.05. The van der Waals surface area contributed by atoms with E-state index in [1.807, 2.05) is 13.8 Å². The summed E-state index contributed by atoms with van der Waals surface area (Å²) in [6.45, 7) is 19.2. The zero-order valence-corrected chi connectivity index (χ0v) is 20.7. The molecule has 32 heavy (non-hydrogen) atoms. The SMILES string of the molecule is C=C(C)C1=CN2C(=CC1=C)c1cc(OC)c(C)cc1CC2/C(C)=C/C=C\C.CCCCO. The zero-order chi connectivity index (χ0) is 23.8. The van der Waals surface area contributed by atoms with Gasteiger partial charge < -0.3 is 14.7 Å². The summed E-state index contributed by atoms with van der Waals surface area (Å²) in [5.74, 6) is 0.925. The molecule has 3 heteroatoms. The molecule has 0 saturated carbocycles. The van der Waals surface area contributed by atoms with E-state index in [4.69, 9.17) is 9.84 Å². The number of nitrogens with zero attached hydrogens (tertiary/aromatic N) is 1. The Morgan fingerprint density at radius 1 is 1.31 bits per heavy atom. The zero-order valence-electron chi connectivity index (χ0n) is 20.7. The van der Waals surface area contributed by atoms with E-state index in [1.165, 1.54) is 28.0 Å².